The quantitative estimate of drug-likeness (QED) is 0.759. The van der Waals surface area contributed by atoms with Gasteiger partial charge in [0.25, 0.3) is 0 Å². The number of hydrogen-bond acceptors (Lipinski definition) is 4. The van der Waals surface area contributed by atoms with E-state index in [1.165, 1.54) is 24.5 Å². The lowest BCUT2D eigenvalue weighted by molar-refractivity contribution is 0.262. The highest BCUT2D eigenvalue weighted by molar-refractivity contribution is 5.99. The summed E-state index contributed by atoms with van der Waals surface area (Å²) in [5, 5.41) is 5.25. The van der Waals surface area contributed by atoms with Crippen molar-refractivity contribution in [1.29, 1.82) is 0 Å². The van der Waals surface area contributed by atoms with Crippen LogP contribution >= 0.6 is 0 Å². The first-order chi connectivity index (χ1) is 11.7. The number of aromatic nitrogens is 2. The number of rotatable bonds is 4. The van der Waals surface area contributed by atoms with E-state index in [-0.39, 0.29) is 11.8 Å². The van der Waals surface area contributed by atoms with Crippen molar-refractivity contribution in [2.45, 2.75) is 0 Å². The molecule has 2 N–H and O–H groups in total. The van der Waals surface area contributed by atoms with Crippen LogP contribution in [0.2, 0.25) is 0 Å². The minimum absolute atomic E-state index is 0.0193. The van der Waals surface area contributed by atoms with Crippen LogP contribution in [0.1, 0.15) is 0 Å². The van der Waals surface area contributed by atoms with Crippen LogP contribution in [-0.4, -0.2) is 16.0 Å². The predicted octanol–water partition coefficient (Wildman–Crippen LogP) is 4.05. The molecule has 0 saturated heterocycles. The van der Waals surface area contributed by atoms with Gasteiger partial charge in [0.05, 0.1) is 18.1 Å². The number of halogens is 1. The normalized spacial score (nSPS) is 10.0. The number of nitrogens with one attached hydrogen (secondary N) is 2. The largest absolute Gasteiger partial charge is 0.421 e. The first-order valence-corrected chi connectivity index (χ1v) is 7.08. The number of carbonyl (C=O) groups excluding carboxylic acids is 1. The molecule has 7 heteroatoms. The molecule has 2 amide bonds. The van der Waals surface area contributed by atoms with Gasteiger partial charge in [-0.2, -0.15) is 0 Å². The monoisotopic (exact) mass is 324 g/mol. The van der Waals surface area contributed by atoms with Gasteiger partial charge in [-0.25, -0.2) is 19.2 Å². The topological polar surface area (TPSA) is 76.1 Å². The molecule has 1 aromatic heterocycles. The van der Waals surface area contributed by atoms with Crippen LogP contribution in [0, 0.1) is 5.82 Å². The van der Waals surface area contributed by atoms with E-state index in [1.54, 1.807) is 24.3 Å². The number of benzene rings is 2. The average Bonchev–Trinajstić information content (AvgIpc) is 2.59. The maximum Gasteiger partial charge on any atom is 0.323 e. The van der Waals surface area contributed by atoms with Crippen molar-refractivity contribution >= 4 is 17.4 Å². The number of amides is 2. The van der Waals surface area contributed by atoms with Gasteiger partial charge < -0.3 is 15.4 Å². The molecule has 0 unspecified atom stereocenters. The number of nitrogens with zero attached hydrogens (tertiary/aromatic N) is 2. The van der Waals surface area contributed by atoms with Crippen molar-refractivity contribution in [2.24, 2.45) is 0 Å². The molecule has 0 bridgehead atoms. The average molecular weight is 324 g/mol. The molecular weight excluding hydrogens is 311 g/mol. The van der Waals surface area contributed by atoms with E-state index in [1.807, 2.05) is 18.2 Å². The number of anilines is 2. The van der Waals surface area contributed by atoms with Crippen molar-refractivity contribution < 1.29 is 13.9 Å². The van der Waals surface area contributed by atoms with E-state index in [9.17, 15) is 9.18 Å². The van der Waals surface area contributed by atoms with Crippen molar-refractivity contribution in [3.8, 4) is 11.8 Å². The van der Waals surface area contributed by atoms with E-state index in [2.05, 4.69) is 20.6 Å². The van der Waals surface area contributed by atoms with Crippen LogP contribution in [0.4, 0.5) is 20.6 Å². The van der Waals surface area contributed by atoms with Gasteiger partial charge in [-0.05, 0) is 24.3 Å². The number of urea groups is 1. The highest BCUT2D eigenvalue weighted by Crippen LogP contribution is 2.21. The van der Waals surface area contributed by atoms with Gasteiger partial charge in [0.1, 0.15) is 0 Å². The molecule has 1 heterocycles. The Balaban J connectivity index is 1.60. The Kier molecular flexibility index (Phi) is 4.62. The molecule has 0 aliphatic heterocycles. The van der Waals surface area contributed by atoms with Crippen molar-refractivity contribution in [2.75, 3.05) is 10.6 Å². The van der Waals surface area contributed by atoms with E-state index in [0.29, 0.717) is 11.4 Å². The van der Waals surface area contributed by atoms with Crippen molar-refractivity contribution in [1.82, 2.24) is 9.97 Å². The van der Waals surface area contributed by atoms with Crippen molar-refractivity contribution in [3.05, 3.63) is 72.8 Å². The third-order valence-electron chi connectivity index (χ3n) is 2.96. The summed E-state index contributed by atoms with van der Waals surface area (Å²) in [5.74, 6) is -0.481. The Bertz CT molecular complexity index is 826. The molecule has 2 aromatic carbocycles. The van der Waals surface area contributed by atoms with Crippen LogP contribution in [0.5, 0.6) is 11.8 Å². The van der Waals surface area contributed by atoms with E-state index in [0.717, 1.165) is 0 Å². The fraction of sp³-hybridized carbons (Fsp3) is 0. The lowest BCUT2D eigenvalue weighted by Crippen LogP contribution is -2.19. The number of hydrogen-bond donors (Lipinski definition) is 2. The minimum Gasteiger partial charge on any atom is -0.421 e. The number of carbonyl (C=O) groups is 1. The second-order valence-corrected chi connectivity index (χ2v) is 4.73. The molecule has 3 aromatic rings. The zero-order valence-corrected chi connectivity index (χ0v) is 12.4. The molecule has 0 fully saturated rings. The third kappa shape index (κ3) is 4.04. The maximum atomic E-state index is 13.5. The number of ether oxygens (including phenoxy) is 1. The molecule has 3 rings (SSSR count). The molecule has 0 atom stereocenters. The van der Waals surface area contributed by atoms with E-state index < -0.39 is 11.8 Å². The molecule has 0 aliphatic rings. The molecule has 0 saturated carbocycles. The van der Waals surface area contributed by atoms with E-state index in [4.69, 9.17) is 4.74 Å². The summed E-state index contributed by atoms with van der Waals surface area (Å²) in [6, 6.07) is 14.5. The Morgan fingerprint density at radius 2 is 1.50 bits per heavy atom. The Labute approximate surface area is 137 Å². The van der Waals surface area contributed by atoms with Crippen LogP contribution in [0.3, 0.4) is 0 Å². The summed E-state index contributed by atoms with van der Waals surface area (Å²) < 4.78 is 18.7. The van der Waals surface area contributed by atoms with Gasteiger partial charge in [-0.15, -0.1) is 0 Å². The van der Waals surface area contributed by atoms with Gasteiger partial charge in [-0.3, -0.25) is 0 Å². The Morgan fingerprint density at radius 3 is 2.21 bits per heavy atom. The van der Waals surface area contributed by atoms with Crippen molar-refractivity contribution in [3.63, 3.8) is 0 Å². The number of para-hydroxylation sites is 2. The third-order valence-corrected chi connectivity index (χ3v) is 2.96. The Morgan fingerprint density at radius 1 is 0.875 bits per heavy atom. The molecule has 6 nitrogen and oxygen atoms in total. The summed E-state index contributed by atoms with van der Waals surface area (Å²) >= 11 is 0. The fourth-order valence-corrected chi connectivity index (χ4v) is 1.87. The van der Waals surface area contributed by atoms with Gasteiger partial charge >= 0.3 is 12.0 Å². The highest BCUT2D eigenvalue weighted by Gasteiger charge is 2.07. The minimum atomic E-state index is -0.509. The van der Waals surface area contributed by atoms with Crippen LogP contribution < -0.4 is 15.4 Å². The first-order valence-electron chi connectivity index (χ1n) is 7.08. The molecule has 0 aliphatic carbocycles. The molecular formula is C17H13FN4O2. The zero-order chi connectivity index (χ0) is 16.8. The SMILES string of the molecule is O=C(Nc1ccccc1)Nc1cnc(Oc2ccccc2F)nc1. The maximum absolute atomic E-state index is 13.5. The first kappa shape index (κ1) is 15.4. The second-order valence-electron chi connectivity index (χ2n) is 4.73. The Hall–Kier alpha value is -3.48. The second kappa shape index (κ2) is 7.19. The van der Waals surface area contributed by atoms with Crippen LogP contribution in [0.15, 0.2) is 67.0 Å². The highest BCUT2D eigenvalue weighted by atomic mass is 19.1. The van der Waals surface area contributed by atoms with Gasteiger partial charge in [0.15, 0.2) is 11.6 Å². The summed E-state index contributed by atoms with van der Waals surface area (Å²) in [6.07, 6.45) is 2.74. The summed E-state index contributed by atoms with van der Waals surface area (Å²) in [6.45, 7) is 0. The molecule has 0 radical (unpaired) electrons. The molecule has 0 spiro atoms. The van der Waals surface area contributed by atoms with Crippen LogP contribution in [0.25, 0.3) is 0 Å². The molecule has 24 heavy (non-hydrogen) atoms. The van der Waals surface area contributed by atoms with Gasteiger partial charge in [0.2, 0.25) is 0 Å². The summed E-state index contributed by atoms with van der Waals surface area (Å²) in [5.41, 5.74) is 1.04. The van der Waals surface area contributed by atoms with E-state index >= 15 is 0 Å². The molecule has 120 valence electrons. The summed E-state index contributed by atoms with van der Waals surface area (Å²) in [7, 11) is 0. The van der Waals surface area contributed by atoms with Gasteiger partial charge in [-0.1, -0.05) is 30.3 Å². The summed E-state index contributed by atoms with van der Waals surface area (Å²) in [4.78, 5) is 19.7. The zero-order valence-electron chi connectivity index (χ0n) is 12.4. The van der Waals surface area contributed by atoms with Gasteiger partial charge in [0, 0.05) is 5.69 Å². The standard InChI is InChI=1S/C17H13FN4O2/c18-14-8-4-5-9-15(14)24-17-19-10-13(11-20-17)22-16(23)21-12-6-2-1-3-7-12/h1-11H,(H2,21,22,23). The predicted molar refractivity (Wildman–Crippen MR) is 87.6 cm³/mol. The lowest BCUT2D eigenvalue weighted by atomic mass is 10.3. The van der Waals surface area contributed by atoms with Crippen LogP contribution in [-0.2, 0) is 0 Å². The fourth-order valence-electron chi connectivity index (χ4n) is 1.87. The smallest absolute Gasteiger partial charge is 0.323 e. The lowest BCUT2D eigenvalue weighted by Gasteiger charge is -2.08.